The van der Waals surface area contributed by atoms with Crippen LogP contribution in [0, 0.1) is 0 Å². The second-order valence-corrected chi connectivity index (χ2v) is 5.49. The van der Waals surface area contributed by atoms with Crippen LogP contribution in [0.2, 0.25) is 0 Å². The van der Waals surface area contributed by atoms with Gasteiger partial charge >= 0.3 is 0 Å². The summed E-state index contributed by atoms with van der Waals surface area (Å²) in [5.41, 5.74) is 0. The van der Waals surface area contributed by atoms with Crippen LogP contribution in [0.4, 0.5) is 0 Å². The smallest absolute Gasteiger partial charge is 0.239 e. The fourth-order valence-corrected chi connectivity index (χ4v) is 2.81. The summed E-state index contributed by atoms with van der Waals surface area (Å²) in [7, 11) is 0. The lowest BCUT2D eigenvalue weighted by molar-refractivity contribution is -0.133. The van der Waals surface area contributed by atoms with Gasteiger partial charge in [-0.25, -0.2) is 0 Å². The molecule has 1 amide bonds. The lowest BCUT2D eigenvalue weighted by atomic mass is 10.1. The summed E-state index contributed by atoms with van der Waals surface area (Å²) in [4.78, 5) is 14.2. The van der Waals surface area contributed by atoms with Gasteiger partial charge in [-0.05, 0) is 52.0 Å². The molecule has 2 unspecified atom stereocenters. The van der Waals surface area contributed by atoms with Crippen molar-refractivity contribution in [3.8, 4) is 0 Å². The van der Waals surface area contributed by atoms with E-state index in [1.807, 2.05) is 11.8 Å². The molecule has 104 valence electrons. The van der Waals surface area contributed by atoms with Gasteiger partial charge in [-0.2, -0.15) is 0 Å². The van der Waals surface area contributed by atoms with Crippen molar-refractivity contribution in [3.63, 3.8) is 0 Å². The van der Waals surface area contributed by atoms with Crippen molar-refractivity contribution in [2.24, 2.45) is 0 Å². The summed E-state index contributed by atoms with van der Waals surface area (Å²) in [6, 6.07) is -0.0514. The van der Waals surface area contributed by atoms with E-state index < -0.39 is 0 Å². The first-order chi connectivity index (χ1) is 8.77. The second-order valence-electron chi connectivity index (χ2n) is 5.49. The maximum Gasteiger partial charge on any atom is 0.239 e. The van der Waals surface area contributed by atoms with Crippen LogP contribution in [0.3, 0.4) is 0 Å². The lowest BCUT2D eigenvalue weighted by Gasteiger charge is -2.29. The maximum atomic E-state index is 12.2. The van der Waals surface area contributed by atoms with E-state index in [9.17, 15) is 4.79 Å². The first-order valence-corrected chi connectivity index (χ1v) is 7.41. The van der Waals surface area contributed by atoms with Crippen LogP contribution in [-0.2, 0) is 9.53 Å². The Morgan fingerprint density at radius 1 is 1.33 bits per heavy atom. The molecule has 2 heterocycles. The Morgan fingerprint density at radius 2 is 2.11 bits per heavy atom. The molecule has 0 aromatic carbocycles. The molecule has 2 fully saturated rings. The van der Waals surface area contributed by atoms with E-state index in [1.54, 1.807) is 0 Å². The van der Waals surface area contributed by atoms with Crippen LogP contribution in [0.1, 0.15) is 45.4 Å². The number of carbonyl (C=O) groups excluding carboxylic acids is 1. The zero-order valence-corrected chi connectivity index (χ0v) is 11.5. The maximum absolute atomic E-state index is 12.2. The highest BCUT2D eigenvalue weighted by Gasteiger charge is 2.22. The molecule has 0 aliphatic carbocycles. The van der Waals surface area contributed by atoms with Crippen molar-refractivity contribution in [3.05, 3.63) is 0 Å². The van der Waals surface area contributed by atoms with Crippen molar-refractivity contribution in [2.75, 3.05) is 26.2 Å². The van der Waals surface area contributed by atoms with Crippen molar-refractivity contribution in [2.45, 2.75) is 57.6 Å². The third kappa shape index (κ3) is 3.95. The number of ether oxygens (including phenoxy) is 1. The zero-order chi connectivity index (χ0) is 12.8. The number of hydrogen-bond acceptors (Lipinski definition) is 3. The van der Waals surface area contributed by atoms with E-state index >= 15 is 0 Å². The third-order valence-electron chi connectivity index (χ3n) is 3.98. The van der Waals surface area contributed by atoms with E-state index in [0.717, 1.165) is 45.5 Å². The predicted molar refractivity (Wildman–Crippen MR) is 71.5 cm³/mol. The average Bonchev–Trinajstić information content (AvgIpc) is 2.92. The molecule has 0 radical (unpaired) electrons. The quantitative estimate of drug-likeness (QED) is 0.809. The fraction of sp³-hybridized carbons (Fsp3) is 0.929. The van der Waals surface area contributed by atoms with E-state index in [4.69, 9.17) is 4.74 Å². The molecule has 2 saturated heterocycles. The van der Waals surface area contributed by atoms with Crippen LogP contribution >= 0.6 is 0 Å². The number of piperidine rings is 1. The van der Waals surface area contributed by atoms with Crippen molar-refractivity contribution in [1.29, 1.82) is 0 Å². The van der Waals surface area contributed by atoms with Crippen LogP contribution in [0.5, 0.6) is 0 Å². The Kier molecular flexibility index (Phi) is 5.45. The molecule has 0 saturated carbocycles. The zero-order valence-electron chi connectivity index (χ0n) is 11.5. The molecule has 2 atom stereocenters. The Balaban J connectivity index is 1.63. The molecular formula is C14H26N2O2. The highest BCUT2D eigenvalue weighted by Crippen LogP contribution is 2.14. The molecule has 0 bridgehead atoms. The minimum absolute atomic E-state index is 0.0514. The topological polar surface area (TPSA) is 41.6 Å². The molecule has 2 rings (SSSR count). The summed E-state index contributed by atoms with van der Waals surface area (Å²) < 4.78 is 5.58. The highest BCUT2D eigenvalue weighted by molar-refractivity contribution is 5.81. The van der Waals surface area contributed by atoms with Gasteiger partial charge in [-0.1, -0.05) is 0 Å². The van der Waals surface area contributed by atoms with Crippen molar-refractivity contribution in [1.82, 2.24) is 10.2 Å². The van der Waals surface area contributed by atoms with Crippen molar-refractivity contribution < 1.29 is 9.53 Å². The van der Waals surface area contributed by atoms with Gasteiger partial charge in [-0.3, -0.25) is 4.79 Å². The normalized spacial score (nSPS) is 26.3. The number of nitrogens with one attached hydrogen (secondary N) is 1. The van der Waals surface area contributed by atoms with Crippen molar-refractivity contribution >= 4 is 5.91 Å². The summed E-state index contributed by atoms with van der Waals surface area (Å²) in [5, 5.41) is 3.34. The molecule has 0 spiro atoms. The summed E-state index contributed by atoms with van der Waals surface area (Å²) in [6.45, 7) is 5.65. The van der Waals surface area contributed by atoms with Gasteiger partial charge in [0.2, 0.25) is 5.91 Å². The van der Waals surface area contributed by atoms with Crippen LogP contribution in [-0.4, -0.2) is 49.2 Å². The summed E-state index contributed by atoms with van der Waals surface area (Å²) in [6.07, 6.45) is 7.39. The SMILES string of the molecule is CC(NCCC1CCCO1)C(=O)N1CCCCC1. The van der Waals surface area contributed by atoms with E-state index in [0.29, 0.717) is 6.10 Å². The molecule has 0 aromatic heterocycles. The Bertz CT molecular complexity index is 259. The minimum atomic E-state index is -0.0514. The van der Waals surface area contributed by atoms with Gasteiger partial charge in [0.05, 0.1) is 12.1 Å². The number of nitrogens with zero attached hydrogens (tertiary/aromatic N) is 1. The molecule has 4 heteroatoms. The van der Waals surface area contributed by atoms with E-state index in [-0.39, 0.29) is 11.9 Å². The Labute approximate surface area is 110 Å². The summed E-state index contributed by atoms with van der Waals surface area (Å²) in [5.74, 6) is 0.266. The standard InChI is InChI=1S/C14H26N2O2/c1-12(14(17)16-9-3-2-4-10-16)15-8-7-13-6-5-11-18-13/h12-13,15H,2-11H2,1H3. The predicted octanol–water partition coefficient (Wildman–Crippen LogP) is 1.55. The van der Waals surface area contributed by atoms with Crippen LogP contribution < -0.4 is 5.32 Å². The number of likely N-dealkylation sites (tertiary alicyclic amines) is 1. The highest BCUT2D eigenvalue weighted by atomic mass is 16.5. The average molecular weight is 254 g/mol. The van der Waals surface area contributed by atoms with Gasteiger partial charge in [0, 0.05) is 19.7 Å². The van der Waals surface area contributed by atoms with Gasteiger partial charge < -0.3 is 15.0 Å². The molecule has 1 N–H and O–H groups in total. The number of carbonyl (C=O) groups is 1. The first kappa shape index (κ1) is 13.8. The summed E-state index contributed by atoms with van der Waals surface area (Å²) >= 11 is 0. The Morgan fingerprint density at radius 3 is 2.78 bits per heavy atom. The van der Waals surface area contributed by atoms with Crippen LogP contribution in [0.15, 0.2) is 0 Å². The molecule has 0 aromatic rings. The first-order valence-electron chi connectivity index (χ1n) is 7.41. The lowest BCUT2D eigenvalue weighted by Crippen LogP contribution is -2.47. The molecule has 18 heavy (non-hydrogen) atoms. The number of amides is 1. The molecule has 2 aliphatic rings. The van der Waals surface area contributed by atoms with Crippen LogP contribution in [0.25, 0.3) is 0 Å². The van der Waals surface area contributed by atoms with Gasteiger partial charge in [0.1, 0.15) is 0 Å². The molecule has 2 aliphatic heterocycles. The Hall–Kier alpha value is -0.610. The molecule has 4 nitrogen and oxygen atoms in total. The monoisotopic (exact) mass is 254 g/mol. The van der Waals surface area contributed by atoms with Gasteiger partial charge in [0.25, 0.3) is 0 Å². The number of rotatable bonds is 5. The van der Waals surface area contributed by atoms with E-state index in [1.165, 1.54) is 19.3 Å². The fourth-order valence-electron chi connectivity index (χ4n) is 2.81. The van der Waals surface area contributed by atoms with E-state index in [2.05, 4.69) is 5.32 Å². The number of hydrogen-bond donors (Lipinski definition) is 1. The minimum Gasteiger partial charge on any atom is -0.378 e. The van der Waals surface area contributed by atoms with Gasteiger partial charge in [0.15, 0.2) is 0 Å². The third-order valence-corrected chi connectivity index (χ3v) is 3.98. The molecular weight excluding hydrogens is 228 g/mol. The largest absolute Gasteiger partial charge is 0.378 e. The second kappa shape index (κ2) is 7.10. The van der Waals surface area contributed by atoms with Gasteiger partial charge in [-0.15, -0.1) is 0 Å².